The molecule has 0 aliphatic carbocycles. The van der Waals surface area contributed by atoms with E-state index >= 15 is 0 Å². The number of guanidine groups is 1. The van der Waals surface area contributed by atoms with Crippen LogP contribution < -0.4 is 11.1 Å². The van der Waals surface area contributed by atoms with E-state index in [4.69, 9.17) is 16.9 Å². The van der Waals surface area contributed by atoms with Gasteiger partial charge in [-0.2, -0.15) is 0 Å². The van der Waals surface area contributed by atoms with Crippen molar-refractivity contribution >= 4 is 35.6 Å². The molecule has 0 radical (unpaired) electrons. The third-order valence-corrected chi connectivity index (χ3v) is 2.45. The Morgan fingerprint density at radius 3 is 2.79 bits per heavy atom. The maximum atomic E-state index is 5.83. The molecule has 0 aliphatic heterocycles. The fourth-order valence-electron chi connectivity index (χ4n) is 1.51. The van der Waals surface area contributed by atoms with Crippen molar-refractivity contribution in [2.75, 3.05) is 12.4 Å². The first-order valence-electron chi connectivity index (χ1n) is 5.84. The molecule has 5 heteroatoms. The minimum Gasteiger partial charge on any atom is -0.380 e. The van der Waals surface area contributed by atoms with Gasteiger partial charge in [0.2, 0.25) is 0 Å². The molecule has 0 amide bonds. The second-order valence-corrected chi connectivity index (χ2v) is 3.82. The van der Waals surface area contributed by atoms with Crippen LogP contribution in [0.25, 0.3) is 0 Å². The summed E-state index contributed by atoms with van der Waals surface area (Å²) in [5.41, 5.74) is 7.73. The van der Waals surface area contributed by atoms with E-state index in [-0.39, 0.29) is 30.0 Å². The number of terminal acetylenes is 1. The first-order valence-corrected chi connectivity index (χ1v) is 5.84. The van der Waals surface area contributed by atoms with Crippen LogP contribution in [-0.4, -0.2) is 19.1 Å². The summed E-state index contributed by atoms with van der Waals surface area (Å²) < 4.78 is 5.12. The van der Waals surface area contributed by atoms with Crippen molar-refractivity contribution in [2.45, 2.75) is 26.0 Å². The molecule has 1 aromatic carbocycles. The molecule has 1 aromatic rings. The molecular formula is C14H20IN3O. The monoisotopic (exact) mass is 373 g/mol. The lowest BCUT2D eigenvalue weighted by molar-refractivity contribution is 0.185. The fraction of sp³-hybridized carbons (Fsp3) is 0.357. The van der Waals surface area contributed by atoms with Crippen LogP contribution in [0.15, 0.2) is 29.3 Å². The van der Waals surface area contributed by atoms with Crippen molar-refractivity contribution in [3.8, 4) is 12.3 Å². The van der Waals surface area contributed by atoms with Crippen LogP contribution >= 0.6 is 24.0 Å². The Balaban J connectivity index is 0.00000324. The van der Waals surface area contributed by atoms with Gasteiger partial charge < -0.3 is 15.8 Å². The molecule has 0 bridgehead atoms. The van der Waals surface area contributed by atoms with Crippen LogP contribution in [0.2, 0.25) is 0 Å². The van der Waals surface area contributed by atoms with Crippen LogP contribution in [0.3, 0.4) is 0 Å². The quantitative estimate of drug-likeness (QED) is 0.361. The summed E-state index contributed by atoms with van der Waals surface area (Å²) in [6.07, 6.45) is 6.10. The predicted octanol–water partition coefficient (Wildman–Crippen LogP) is 2.59. The van der Waals surface area contributed by atoms with Crippen molar-refractivity contribution < 1.29 is 4.74 Å². The van der Waals surface area contributed by atoms with Gasteiger partial charge in [0.25, 0.3) is 0 Å². The highest BCUT2D eigenvalue weighted by Gasteiger charge is 2.04. The molecule has 1 atom stereocenters. The number of nitrogens with two attached hydrogens (primary N) is 1. The number of ether oxygens (including phenoxy) is 1. The molecule has 0 saturated carbocycles. The maximum Gasteiger partial charge on any atom is 0.194 e. The van der Waals surface area contributed by atoms with Gasteiger partial charge in [-0.15, -0.1) is 30.4 Å². The molecule has 104 valence electrons. The number of hydrogen-bond acceptors (Lipinski definition) is 2. The first-order chi connectivity index (χ1) is 8.71. The van der Waals surface area contributed by atoms with Crippen LogP contribution in [-0.2, 0) is 11.3 Å². The van der Waals surface area contributed by atoms with E-state index in [0.717, 1.165) is 17.7 Å². The average Bonchev–Trinajstić information content (AvgIpc) is 2.38. The van der Waals surface area contributed by atoms with E-state index in [0.29, 0.717) is 12.6 Å². The molecule has 1 rings (SSSR count). The van der Waals surface area contributed by atoms with Crippen LogP contribution in [0.4, 0.5) is 5.69 Å². The Hall–Kier alpha value is -1.26. The molecule has 4 nitrogen and oxygen atoms in total. The van der Waals surface area contributed by atoms with Gasteiger partial charge in [0.05, 0.1) is 6.61 Å². The zero-order valence-corrected chi connectivity index (χ0v) is 13.5. The zero-order valence-electron chi connectivity index (χ0n) is 11.2. The van der Waals surface area contributed by atoms with E-state index in [1.165, 1.54) is 0 Å². The van der Waals surface area contributed by atoms with E-state index in [1.807, 2.05) is 31.2 Å². The number of para-hydroxylation sites is 1. The SMILES string of the molecule is C#CC(CC)N=C(N)Nc1ccccc1COC.I. The van der Waals surface area contributed by atoms with Crippen LogP contribution in [0.5, 0.6) is 0 Å². The summed E-state index contributed by atoms with van der Waals surface area (Å²) >= 11 is 0. The summed E-state index contributed by atoms with van der Waals surface area (Å²) in [7, 11) is 1.65. The lowest BCUT2D eigenvalue weighted by atomic mass is 10.2. The number of anilines is 1. The summed E-state index contributed by atoms with van der Waals surface area (Å²) in [4.78, 5) is 4.22. The van der Waals surface area contributed by atoms with Gasteiger partial charge in [-0.1, -0.05) is 31.0 Å². The third-order valence-electron chi connectivity index (χ3n) is 2.45. The number of nitrogens with zero attached hydrogens (tertiary/aromatic N) is 1. The molecule has 0 aliphatic rings. The minimum absolute atomic E-state index is 0. The molecule has 0 saturated heterocycles. The molecule has 0 spiro atoms. The number of rotatable bonds is 5. The van der Waals surface area contributed by atoms with Gasteiger partial charge in [-0.3, -0.25) is 0 Å². The largest absolute Gasteiger partial charge is 0.380 e. The standard InChI is InChI=1S/C14H19N3O.HI/c1-4-12(5-2)16-14(15)17-13-9-7-6-8-11(13)10-18-3;/h1,6-9,12H,5,10H2,2-3H3,(H3,15,16,17);1H. The lowest BCUT2D eigenvalue weighted by Crippen LogP contribution is -2.25. The van der Waals surface area contributed by atoms with E-state index in [2.05, 4.69) is 16.2 Å². The number of aliphatic imine (C=N–C) groups is 1. The van der Waals surface area contributed by atoms with Crippen LogP contribution in [0, 0.1) is 12.3 Å². The van der Waals surface area contributed by atoms with Crippen molar-refractivity contribution in [1.29, 1.82) is 0 Å². The number of benzene rings is 1. The number of nitrogens with one attached hydrogen (secondary N) is 1. The Bertz CT molecular complexity index is 454. The van der Waals surface area contributed by atoms with Gasteiger partial charge in [0, 0.05) is 18.4 Å². The summed E-state index contributed by atoms with van der Waals surface area (Å²) in [5.74, 6) is 2.90. The highest BCUT2D eigenvalue weighted by Crippen LogP contribution is 2.15. The van der Waals surface area contributed by atoms with Crippen molar-refractivity contribution in [3.05, 3.63) is 29.8 Å². The van der Waals surface area contributed by atoms with Crippen LogP contribution in [0.1, 0.15) is 18.9 Å². The van der Waals surface area contributed by atoms with Crippen molar-refractivity contribution in [2.24, 2.45) is 10.7 Å². The van der Waals surface area contributed by atoms with E-state index in [1.54, 1.807) is 7.11 Å². The number of hydrogen-bond donors (Lipinski definition) is 2. The molecule has 3 N–H and O–H groups in total. The van der Waals surface area contributed by atoms with Gasteiger partial charge >= 0.3 is 0 Å². The topological polar surface area (TPSA) is 59.6 Å². The van der Waals surface area contributed by atoms with Gasteiger partial charge in [-0.05, 0) is 12.5 Å². The molecule has 0 fully saturated rings. The Morgan fingerprint density at radius 1 is 1.53 bits per heavy atom. The fourth-order valence-corrected chi connectivity index (χ4v) is 1.51. The third kappa shape index (κ3) is 5.94. The zero-order chi connectivity index (χ0) is 13.4. The summed E-state index contributed by atoms with van der Waals surface area (Å²) in [6.45, 7) is 2.49. The van der Waals surface area contributed by atoms with Crippen molar-refractivity contribution in [3.63, 3.8) is 0 Å². The van der Waals surface area contributed by atoms with E-state index in [9.17, 15) is 0 Å². The second kappa shape index (κ2) is 9.64. The molecule has 19 heavy (non-hydrogen) atoms. The first kappa shape index (κ1) is 17.7. The second-order valence-electron chi connectivity index (χ2n) is 3.82. The number of halogens is 1. The molecule has 0 heterocycles. The highest BCUT2D eigenvalue weighted by molar-refractivity contribution is 14.0. The normalized spacial score (nSPS) is 12.2. The summed E-state index contributed by atoms with van der Waals surface area (Å²) in [6, 6.07) is 7.58. The maximum absolute atomic E-state index is 5.83. The number of methoxy groups -OCH3 is 1. The van der Waals surface area contributed by atoms with Gasteiger partial charge in [-0.25, -0.2) is 4.99 Å². The summed E-state index contributed by atoms with van der Waals surface area (Å²) in [5, 5.41) is 3.05. The average molecular weight is 373 g/mol. The smallest absolute Gasteiger partial charge is 0.194 e. The Morgan fingerprint density at radius 2 is 2.21 bits per heavy atom. The lowest BCUT2D eigenvalue weighted by Gasteiger charge is -2.11. The highest BCUT2D eigenvalue weighted by atomic mass is 127. The van der Waals surface area contributed by atoms with Gasteiger partial charge in [0.1, 0.15) is 6.04 Å². The molecule has 0 aromatic heterocycles. The Kier molecular flexibility index (Phi) is 9.00. The van der Waals surface area contributed by atoms with Crippen molar-refractivity contribution in [1.82, 2.24) is 0 Å². The minimum atomic E-state index is -0.188. The Labute approximate surface area is 131 Å². The van der Waals surface area contributed by atoms with E-state index < -0.39 is 0 Å². The predicted molar refractivity (Wildman–Crippen MR) is 90.7 cm³/mol. The van der Waals surface area contributed by atoms with Gasteiger partial charge in [0.15, 0.2) is 5.96 Å². The molecule has 1 unspecified atom stereocenters. The molecular weight excluding hydrogens is 353 g/mol.